The van der Waals surface area contributed by atoms with E-state index in [1.807, 2.05) is 7.05 Å². The lowest BCUT2D eigenvalue weighted by Gasteiger charge is -2.19. The monoisotopic (exact) mass is 222 g/mol. The van der Waals surface area contributed by atoms with Crippen LogP contribution in [-0.4, -0.2) is 26.0 Å². The maximum atomic E-state index is 11.2. The van der Waals surface area contributed by atoms with Crippen LogP contribution < -0.4 is 0 Å². The molecular formula is C11H14N2O3. The van der Waals surface area contributed by atoms with E-state index in [2.05, 4.69) is 5.10 Å². The number of fused-ring (bicyclic) bond motifs is 1. The van der Waals surface area contributed by atoms with Gasteiger partial charge < -0.3 is 10.2 Å². The number of carbonyl (C=O) groups is 1. The second-order valence-electron chi connectivity index (χ2n) is 4.77. The minimum absolute atomic E-state index is 0.251. The molecule has 0 aliphatic heterocycles. The molecule has 16 heavy (non-hydrogen) atoms. The molecule has 1 saturated carbocycles. The lowest BCUT2D eigenvalue weighted by Crippen LogP contribution is -2.33. The Kier molecular flexibility index (Phi) is 1.75. The van der Waals surface area contributed by atoms with E-state index in [1.54, 1.807) is 4.68 Å². The van der Waals surface area contributed by atoms with E-state index in [9.17, 15) is 9.90 Å². The summed E-state index contributed by atoms with van der Waals surface area (Å²) in [6.07, 6.45) is 2.95. The van der Waals surface area contributed by atoms with Crippen molar-refractivity contribution < 1.29 is 15.0 Å². The predicted molar refractivity (Wildman–Crippen MR) is 55.0 cm³/mol. The van der Waals surface area contributed by atoms with Crippen molar-refractivity contribution in [1.29, 1.82) is 0 Å². The number of hydrogen-bond donors (Lipinski definition) is 2. The number of aliphatic hydroxyl groups is 1. The summed E-state index contributed by atoms with van der Waals surface area (Å²) in [5, 5.41) is 23.7. The van der Waals surface area contributed by atoms with Crippen LogP contribution in [0.2, 0.25) is 0 Å². The molecule has 2 N–H and O–H groups in total. The fraction of sp³-hybridized carbons (Fsp3) is 0.636. The van der Waals surface area contributed by atoms with Crippen molar-refractivity contribution in [3.05, 3.63) is 17.0 Å². The van der Waals surface area contributed by atoms with Crippen LogP contribution in [0.5, 0.6) is 0 Å². The van der Waals surface area contributed by atoms with Gasteiger partial charge in [-0.3, -0.25) is 4.68 Å². The highest BCUT2D eigenvalue weighted by Gasteiger charge is 2.50. The van der Waals surface area contributed by atoms with Crippen LogP contribution in [0.1, 0.15) is 42.1 Å². The van der Waals surface area contributed by atoms with E-state index in [0.717, 1.165) is 24.2 Å². The van der Waals surface area contributed by atoms with Gasteiger partial charge in [0.25, 0.3) is 0 Å². The number of rotatable bonds is 2. The average molecular weight is 222 g/mol. The average Bonchev–Trinajstić information content (AvgIpc) is 2.91. The summed E-state index contributed by atoms with van der Waals surface area (Å²) in [7, 11) is 1.83. The largest absolute Gasteiger partial charge is 0.479 e. The highest BCUT2D eigenvalue weighted by atomic mass is 16.4. The summed E-state index contributed by atoms with van der Waals surface area (Å²) in [6, 6.07) is 0. The van der Waals surface area contributed by atoms with Gasteiger partial charge in [0.2, 0.25) is 0 Å². The van der Waals surface area contributed by atoms with Crippen molar-refractivity contribution in [2.75, 3.05) is 0 Å². The highest BCUT2D eigenvalue weighted by molar-refractivity contribution is 5.81. The Morgan fingerprint density at radius 2 is 2.25 bits per heavy atom. The first-order valence-electron chi connectivity index (χ1n) is 5.56. The minimum Gasteiger partial charge on any atom is -0.479 e. The van der Waals surface area contributed by atoms with E-state index < -0.39 is 11.6 Å². The standard InChI is InChI=1S/C11H14N2O3/c1-13-9(6-2-3-6)8-7(12-13)4-5-11(8,16)10(14)15/h6,16H,2-5H2,1H3,(H,14,15). The van der Waals surface area contributed by atoms with Gasteiger partial charge in [0.1, 0.15) is 0 Å². The lowest BCUT2D eigenvalue weighted by molar-refractivity contribution is -0.159. The third kappa shape index (κ3) is 1.09. The fourth-order valence-electron chi connectivity index (χ4n) is 2.68. The summed E-state index contributed by atoms with van der Waals surface area (Å²) in [6.45, 7) is 0. The smallest absolute Gasteiger partial charge is 0.340 e. The quantitative estimate of drug-likeness (QED) is 0.764. The Balaban J connectivity index is 2.19. The summed E-state index contributed by atoms with van der Waals surface area (Å²) in [5.74, 6) is -0.758. The molecule has 1 fully saturated rings. The fourth-order valence-corrected chi connectivity index (χ4v) is 2.68. The first-order valence-corrected chi connectivity index (χ1v) is 5.56. The predicted octanol–water partition coefficient (Wildman–Crippen LogP) is 0.516. The van der Waals surface area contributed by atoms with Gasteiger partial charge in [0, 0.05) is 24.2 Å². The Bertz CT molecular complexity index is 476. The molecule has 0 aromatic carbocycles. The van der Waals surface area contributed by atoms with Gasteiger partial charge in [-0.2, -0.15) is 5.10 Å². The van der Waals surface area contributed by atoms with Crippen molar-refractivity contribution in [3.63, 3.8) is 0 Å². The van der Waals surface area contributed by atoms with Crippen LogP contribution >= 0.6 is 0 Å². The van der Waals surface area contributed by atoms with Gasteiger partial charge in [-0.15, -0.1) is 0 Å². The second kappa shape index (κ2) is 2.85. The van der Waals surface area contributed by atoms with Crippen molar-refractivity contribution in [1.82, 2.24) is 9.78 Å². The third-order valence-electron chi connectivity index (χ3n) is 3.62. The molecule has 3 rings (SSSR count). The molecule has 2 aliphatic rings. The zero-order chi connectivity index (χ0) is 11.5. The Hall–Kier alpha value is -1.36. The van der Waals surface area contributed by atoms with Crippen LogP contribution in [-0.2, 0) is 23.9 Å². The summed E-state index contributed by atoms with van der Waals surface area (Å²) < 4.78 is 1.75. The van der Waals surface area contributed by atoms with Crippen molar-refractivity contribution in [3.8, 4) is 0 Å². The molecule has 5 heteroatoms. The van der Waals surface area contributed by atoms with E-state index in [4.69, 9.17) is 5.11 Å². The van der Waals surface area contributed by atoms with Gasteiger partial charge in [-0.1, -0.05) is 0 Å². The van der Waals surface area contributed by atoms with E-state index in [-0.39, 0.29) is 6.42 Å². The van der Waals surface area contributed by atoms with Crippen LogP contribution in [0.25, 0.3) is 0 Å². The normalized spacial score (nSPS) is 28.1. The molecule has 0 radical (unpaired) electrons. The minimum atomic E-state index is -1.71. The zero-order valence-corrected chi connectivity index (χ0v) is 9.10. The number of carboxylic acid groups (broad SMARTS) is 1. The van der Waals surface area contributed by atoms with Gasteiger partial charge in [-0.05, 0) is 25.7 Å². The molecule has 0 amide bonds. The molecule has 1 aromatic heterocycles. The highest BCUT2D eigenvalue weighted by Crippen LogP contribution is 2.48. The molecule has 86 valence electrons. The maximum absolute atomic E-state index is 11.2. The zero-order valence-electron chi connectivity index (χ0n) is 9.10. The van der Waals surface area contributed by atoms with E-state index in [0.29, 0.717) is 17.9 Å². The molecule has 1 aromatic rings. The molecule has 2 aliphatic carbocycles. The van der Waals surface area contributed by atoms with Crippen molar-refractivity contribution in [2.45, 2.75) is 37.2 Å². The molecule has 0 saturated heterocycles. The molecule has 0 spiro atoms. The van der Waals surface area contributed by atoms with Crippen LogP contribution in [0, 0.1) is 0 Å². The number of aliphatic carboxylic acids is 1. The summed E-state index contributed by atoms with van der Waals surface area (Å²) in [4.78, 5) is 11.2. The molecule has 1 unspecified atom stereocenters. The van der Waals surface area contributed by atoms with E-state index >= 15 is 0 Å². The van der Waals surface area contributed by atoms with Crippen LogP contribution in [0.3, 0.4) is 0 Å². The topological polar surface area (TPSA) is 75.3 Å². The summed E-state index contributed by atoms with van der Waals surface area (Å²) in [5.41, 5.74) is 0.554. The van der Waals surface area contributed by atoms with Gasteiger partial charge in [0.15, 0.2) is 5.60 Å². The molecule has 1 heterocycles. The molecule has 1 atom stereocenters. The first-order chi connectivity index (χ1) is 7.54. The number of aryl methyl sites for hydroxylation is 2. The van der Waals surface area contributed by atoms with Crippen molar-refractivity contribution >= 4 is 5.97 Å². The number of hydrogen-bond acceptors (Lipinski definition) is 3. The number of aromatic nitrogens is 2. The van der Waals surface area contributed by atoms with E-state index in [1.165, 1.54) is 0 Å². The van der Waals surface area contributed by atoms with Gasteiger partial charge >= 0.3 is 5.97 Å². The molecule has 0 bridgehead atoms. The molecule has 5 nitrogen and oxygen atoms in total. The van der Waals surface area contributed by atoms with Crippen molar-refractivity contribution in [2.24, 2.45) is 7.05 Å². The van der Waals surface area contributed by atoms with Gasteiger partial charge in [0.05, 0.1) is 5.69 Å². The van der Waals surface area contributed by atoms with Gasteiger partial charge in [-0.25, -0.2) is 4.79 Å². The SMILES string of the molecule is Cn1nc2c(c1C1CC1)C(O)(C(=O)O)CC2. The van der Waals surface area contributed by atoms with Crippen LogP contribution in [0.15, 0.2) is 0 Å². The summed E-state index contributed by atoms with van der Waals surface area (Å²) >= 11 is 0. The van der Waals surface area contributed by atoms with Crippen LogP contribution in [0.4, 0.5) is 0 Å². The number of carboxylic acids is 1. The first kappa shape index (κ1) is 9.84. The Morgan fingerprint density at radius 3 is 2.81 bits per heavy atom. The number of nitrogens with zero attached hydrogens (tertiary/aromatic N) is 2. The Labute approximate surface area is 92.7 Å². The maximum Gasteiger partial charge on any atom is 0.340 e. The third-order valence-corrected chi connectivity index (χ3v) is 3.62. The molecular weight excluding hydrogens is 208 g/mol. The lowest BCUT2D eigenvalue weighted by atomic mass is 9.94. The Morgan fingerprint density at radius 1 is 1.56 bits per heavy atom. The second-order valence-corrected chi connectivity index (χ2v) is 4.77.